The van der Waals surface area contributed by atoms with Gasteiger partial charge in [-0.3, -0.25) is 14.2 Å². The third-order valence-electron chi connectivity index (χ3n) is 3.63. The van der Waals surface area contributed by atoms with Crippen LogP contribution in [-0.4, -0.2) is 32.5 Å². The molecule has 0 unspecified atom stereocenters. The standard InChI is InChI=1S/C18H17ClN4O2/c1-22-8-7-16(21-22)17(24)5-3-13-4-6-18(25-2)14(9-13)11-23-12-15(19)10-20-23/h3-10,12H,11H2,1-2H3. The van der Waals surface area contributed by atoms with Gasteiger partial charge in [-0.2, -0.15) is 10.2 Å². The van der Waals surface area contributed by atoms with E-state index in [0.29, 0.717) is 17.3 Å². The van der Waals surface area contributed by atoms with Crippen molar-refractivity contribution in [2.75, 3.05) is 7.11 Å². The number of carbonyl (C=O) groups is 1. The van der Waals surface area contributed by atoms with Crippen LogP contribution in [0.3, 0.4) is 0 Å². The van der Waals surface area contributed by atoms with E-state index in [9.17, 15) is 4.79 Å². The van der Waals surface area contributed by atoms with Crippen molar-refractivity contribution < 1.29 is 9.53 Å². The molecular formula is C18H17ClN4O2. The quantitative estimate of drug-likeness (QED) is 0.502. The topological polar surface area (TPSA) is 61.9 Å². The zero-order valence-electron chi connectivity index (χ0n) is 13.9. The molecule has 3 rings (SSSR count). The molecule has 0 radical (unpaired) electrons. The van der Waals surface area contributed by atoms with Crippen molar-refractivity contribution in [3.8, 4) is 5.75 Å². The number of aryl methyl sites for hydroxylation is 1. The number of aromatic nitrogens is 4. The maximum atomic E-state index is 12.1. The predicted octanol–water partition coefficient (Wildman–Crippen LogP) is 3.22. The molecule has 0 aliphatic carbocycles. The molecule has 0 aliphatic heterocycles. The lowest BCUT2D eigenvalue weighted by molar-refractivity contribution is 0.104. The molecule has 0 bridgehead atoms. The normalized spacial score (nSPS) is 11.2. The minimum atomic E-state index is -0.142. The molecule has 2 heterocycles. The van der Waals surface area contributed by atoms with Crippen LogP contribution >= 0.6 is 11.6 Å². The lowest BCUT2D eigenvalue weighted by Crippen LogP contribution is -2.02. The number of carbonyl (C=O) groups excluding carboxylic acids is 1. The predicted molar refractivity (Wildman–Crippen MR) is 95.9 cm³/mol. The second-order valence-electron chi connectivity index (χ2n) is 5.50. The minimum Gasteiger partial charge on any atom is -0.496 e. The Labute approximate surface area is 150 Å². The summed E-state index contributed by atoms with van der Waals surface area (Å²) in [5.41, 5.74) is 2.24. The van der Waals surface area contributed by atoms with Crippen molar-refractivity contribution in [2.24, 2.45) is 7.05 Å². The highest BCUT2D eigenvalue weighted by molar-refractivity contribution is 6.30. The van der Waals surface area contributed by atoms with Crippen LogP contribution < -0.4 is 4.74 Å². The van der Waals surface area contributed by atoms with Crippen molar-refractivity contribution in [2.45, 2.75) is 6.54 Å². The highest BCUT2D eigenvalue weighted by Gasteiger charge is 2.07. The zero-order chi connectivity index (χ0) is 17.8. The van der Waals surface area contributed by atoms with Crippen LogP contribution in [0.1, 0.15) is 21.6 Å². The Morgan fingerprint density at radius 2 is 2.20 bits per heavy atom. The monoisotopic (exact) mass is 356 g/mol. The third kappa shape index (κ3) is 4.16. The maximum Gasteiger partial charge on any atom is 0.206 e. The highest BCUT2D eigenvalue weighted by Crippen LogP contribution is 2.22. The van der Waals surface area contributed by atoms with E-state index in [4.69, 9.17) is 16.3 Å². The number of hydrogen-bond donors (Lipinski definition) is 0. The van der Waals surface area contributed by atoms with E-state index in [1.807, 2.05) is 18.2 Å². The molecule has 2 aromatic heterocycles. The van der Waals surface area contributed by atoms with Gasteiger partial charge in [0.15, 0.2) is 0 Å². The average Bonchev–Trinajstić information content (AvgIpc) is 3.21. The van der Waals surface area contributed by atoms with E-state index in [-0.39, 0.29) is 5.78 Å². The van der Waals surface area contributed by atoms with Gasteiger partial charge in [-0.1, -0.05) is 23.7 Å². The van der Waals surface area contributed by atoms with E-state index < -0.39 is 0 Å². The number of rotatable bonds is 6. The number of ketones is 1. The van der Waals surface area contributed by atoms with Gasteiger partial charge in [0.1, 0.15) is 11.4 Å². The fourth-order valence-electron chi connectivity index (χ4n) is 2.43. The Kier molecular flexibility index (Phi) is 5.00. The first kappa shape index (κ1) is 17.0. The van der Waals surface area contributed by atoms with E-state index in [1.54, 1.807) is 54.3 Å². The van der Waals surface area contributed by atoms with Gasteiger partial charge >= 0.3 is 0 Å². The van der Waals surface area contributed by atoms with Crippen molar-refractivity contribution in [1.29, 1.82) is 0 Å². The van der Waals surface area contributed by atoms with Gasteiger partial charge < -0.3 is 4.74 Å². The molecule has 0 atom stereocenters. The second-order valence-corrected chi connectivity index (χ2v) is 5.94. The molecule has 7 heteroatoms. The van der Waals surface area contributed by atoms with Gasteiger partial charge in [0.05, 0.1) is 24.9 Å². The Hall–Kier alpha value is -2.86. The fraction of sp³-hybridized carbons (Fsp3) is 0.167. The Bertz CT molecular complexity index is 927. The molecule has 0 saturated carbocycles. The fourth-order valence-corrected chi connectivity index (χ4v) is 2.59. The summed E-state index contributed by atoms with van der Waals surface area (Å²) in [5.74, 6) is 0.608. The summed E-state index contributed by atoms with van der Waals surface area (Å²) < 4.78 is 8.73. The first-order valence-electron chi connectivity index (χ1n) is 7.62. The summed E-state index contributed by atoms with van der Waals surface area (Å²) >= 11 is 5.91. The Balaban J connectivity index is 1.81. The summed E-state index contributed by atoms with van der Waals surface area (Å²) in [5, 5.41) is 8.86. The summed E-state index contributed by atoms with van der Waals surface area (Å²) in [6.45, 7) is 0.520. The SMILES string of the molecule is COc1ccc(C=CC(=O)c2ccn(C)n2)cc1Cn1cc(Cl)cn1. The molecule has 0 fully saturated rings. The van der Waals surface area contributed by atoms with Crippen LogP contribution in [0.25, 0.3) is 6.08 Å². The van der Waals surface area contributed by atoms with E-state index in [2.05, 4.69) is 10.2 Å². The van der Waals surface area contributed by atoms with Gasteiger partial charge in [-0.05, 0) is 29.8 Å². The third-order valence-corrected chi connectivity index (χ3v) is 3.83. The van der Waals surface area contributed by atoms with E-state index >= 15 is 0 Å². The van der Waals surface area contributed by atoms with Crippen LogP contribution in [0, 0.1) is 0 Å². The van der Waals surface area contributed by atoms with E-state index in [0.717, 1.165) is 16.9 Å². The molecule has 0 amide bonds. The average molecular weight is 357 g/mol. The molecule has 0 N–H and O–H groups in total. The van der Waals surface area contributed by atoms with Gasteiger partial charge in [0, 0.05) is 25.0 Å². The van der Waals surface area contributed by atoms with Gasteiger partial charge in [-0.15, -0.1) is 0 Å². The van der Waals surface area contributed by atoms with Crippen LogP contribution in [0.2, 0.25) is 5.02 Å². The Morgan fingerprint density at radius 1 is 1.36 bits per heavy atom. The number of hydrogen-bond acceptors (Lipinski definition) is 4. The number of halogens is 1. The lowest BCUT2D eigenvalue weighted by atomic mass is 10.1. The molecule has 0 saturated heterocycles. The Morgan fingerprint density at radius 3 is 2.84 bits per heavy atom. The molecule has 0 spiro atoms. The smallest absolute Gasteiger partial charge is 0.206 e. The molecular weight excluding hydrogens is 340 g/mol. The van der Waals surface area contributed by atoms with Crippen molar-refractivity contribution in [1.82, 2.24) is 19.6 Å². The first-order valence-corrected chi connectivity index (χ1v) is 8.00. The summed E-state index contributed by atoms with van der Waals surface area (Å²) in [4.78, 5) is 12.1. The van der Waals surface area contributed by atoms with Gasteiger partial charge in [-0.25, -0.2) is 0 Å². The van der Waals surface area contributed by atoms with Crippen molar-refractivity contribution >= 4 is 23.5 Å². The first-order chi connectivity index (χ1) is 12.0. The molecule has 1 aromatic carbocycles. The zero-order valence-corrected chi connectivity index (χ0v) is 14.6. The summed E-state index contributed by atoms with van der Waals surface area (Å²) in [6, 6.07) is 7.40. The number of nitrogens with zero attached hydrogens (tertiary/aromatic N) is 4. The van der Waals surface area contributed by atoms with Gasteiger partial charge in [0.25, 0.3) is 0 Å². The van der Waals surface area contributed by atoms with Crippen molar-refractivity contribution in [3.63, 3.8) is 0 Å². The van der Waals surface area contributed by atoms with Crippen molar-refractivity contribution in [3.05, 3.63) is 70.8 Å². The molecule has 6 nitrogen and oxygen atoms in total. The minimum absolute atomic E-state index is 0.142. The number of ether oxygens (including phenoxy) is 1. The van der Waals surface area contributed by atoms with Gasteiger partial charge in [0.2, 0.25) is 5.78 Å². The lowest BCUT2D eigenvalue weighted by Gasteiger charge is -2.09. The molecule has 25 heavy (non-hydrogen) atoms. The van der Waals surface area contributed by atoms with Crippen LogP contribution in [0.5, 0.6) is 5.75 Å². The molecule has 3 aromatic rings. The van der Waals surface area contributed by atoms with E-state index in [1.165, 1.54) is 6.08 Å². The highest BCUT2D eigenvalue weighted by atomic mass is 35.5. The molecule has 0 aliphatic rings. The summed E-state index contributed by atoms with van der Waals surface area (Å²) in [7, 11) is 3.40. The van der Waals surface area contributed by atoms with Crippen LogP contribution in [-0.2, 0) is 13.6 Å². The number of methoxy groups -OCH3 is 1. The second kappa shape index (κ2) is 7.36. The number of benzene rings is 1. The maximum absolute atomic E-state index is 12.1. The van der Waals surface area contributed by atoms with Crippen LogP contribution in [0.4, 0.5) is 0 Å². The molecule has 128 valence electrons. The van der Waals surface area contributed by atoms with Crippen LogP contribution in [0.15, 0.2) is 48.9 Å². The largest absolute Gasteiger partial charge is 0.496 e. The summed E-state index contributed by atoms with van der Waals surface area (Å²) in [6.07, 6.45) is 8.34. The number of allylic oxidation sites excluding steroid dienone is 1.